The molecule has 2 aliphatic rings. The maximum absolute atomic E-state index is 7.42. The van der Waals surface area contributed by atoms with Gasteiger partial charge in [-0.05, 0) is 57.1 Å². The van der Waals surface area contributed by atoms with Crippen molar-refractivity contribution in [3.63, 3.8) is 0 Å². The minimum Gasteiger partial charge on any atom is -0.311 e. The number of aromatic nitrogens is 1. The van der Waals surface area contributed by atoms with E-state index in [0.29, 0.717) is 0 Å². The van der Waals surface area contributed by atoms with E-state index in [-0.39, 0.29) is 17.7 Å². The van der Waals surface area contributed by atoms with Gasteiger partial charge >= 0.3 is 0 Å². The molecule has 59 heavy (non-hydrogen) atoms. The maximum Gasteiger partial charge on any atom is 0.132 e. The van der Waals surface area contributed by atoms with Crippen LogP contribution in [0.1, 0.15) is 54.0 Å². The van der Waals surface area contributed by atoms with Crippen LogP contribution in [0.4, 0.5) is 0 Å². The fraction of sp³-hybridized carbons (Fsp3) is 0.111. The molecule has 0 saturated carbocycles. The Morgan fingerprint density at radius 2 is 1.22 bits per heavy atom. The first kappa shape index (κ1) is 35.8. The molecular weight excluding hydrogens is 733 g/mol. The first-order chi connectivity index (χ1) is 29.0. The molecule has 8 aromatic carbocycles. The van der Waals surface area contributed by atoms with Gasteiger partial charge in [0, 0.05) is 28.4 Å². The number of rotatable bonds is 9. The van der Waals surface area contributed by atoms with Gasteiger partial charge in [-0.2, -0.15) is 5.01 Å². The summed E-state index contributed by atoms with van der Waals surface area (Å²) in [5.74, 6) is 0. The van der Waals surface area contributed by atoms with Gasteiger partial charge in [-0.3, -0.25) is 0 Å². The molecule has 0 amide bonds. The van der Waals surface area contributed by atoms with Crippen LogP contribution in [0.5, 0.6) is 0 Å². The minimum atomic E-state index is -1.68. The quantitative estimate of drug-likeness (QED) is 0.0902. The van der Waals surface area contributed by atoms with Crippen LogP contribution in [-0.2, 0) is 12.0 Å². The van der Waals surface area contributed by atoms with Crippen molar-refractivity contribution in [1.82, 2.24) is 14.6 Å². The summed E-state index contributed by atoms with van der Waals surface area (Å²) in [6, 6.07) is 73.6. The van der Waals surface area contributed by atoms with Crippen LogP contribution in [-0.4, -0.2) is 23.4 Å². The molecule has 2 N–H and O–H groups in total. The van der Waals surface area contributed by atoms with E-state index in [4.69, 9.17) is 5.73 Å². The Kier molecular flexibility index (Phi) is 8.61. The highest BCUT2D eigenvalue weighted by atomic mass is 28.3. The lowest BCUT2D eigenvalue weighted by atomic mass is 9.81. The van der Waals surface area contributed by atoms with Gasteiger partial charge in [0.25, 0.3) is 0 Å². The molecule has 2 heterocycles. The first-order valence-electron chi connectivity index (χ1n) is 20.8. The Morgan fingerprint density at radius 1 is 0.576 bits per heavy atom. The first-order valence-corrected chi connectivity index (χ1v) is 22.5. The fourth-order valence-electron chi connectivity index (χ4n) is 10.2. The van der Waals surface area contributed by atoms with E-state index in [1.165, 1.54) is 70.7 Å². The Labute approximate surface area is 348 Å². The van der Waals surface area contributed by atoms with Crippen molar-refractivity contribution in [3.05, 3.63) is 228 Å². The van der Waals surface area contributed by atoms with Gasteiger partial charge in [0.2, 0.25) is 0 Å². The Hall–Kier alpha value is -6.34. The molecule has 0 spiro atoms. The van der Waals surface area contributed by atoms with Crippen LogP contribution in [0.15, 0.2) is 200 Å². The van der Waals surface area contributed by atoms with E-state index < -0.39 is 8.80 Å². The molecule has 5 heteroatoms. The third kappa shape index (κ3) is 5.92. The molecule has 1 saturated heterocycles. The van der Waals surface area contributed by atoms with Crippen molar-refractivity contribution in [2.24, 2.45) is 5.73 Å². The van der Waals surface area contributed by atoms with Crippen molar-refractivity contribution in [2.75, 3.05) is 0 Å². The number of fused-ring (bicyclic) bond motifs is 7. The standard InChI is InChI=1S/C54H46N4Si/c1-54(2)48-30-14-12-28-44(48)46-32-33-47-45-29-13-15-31-49(45)57(51(47)50(46)54)40-22-17-21-39(35-40)52(55)58-53(38-19-6-3-7-20-38)56(58)36-37-18-16-27-43(34-37)59(41-23-8-4-9-24-41)42-25-10-5-11-26-42/h3-35,52-53,59H,36,55H2,1-2H3/t52?,53?,56-,58?/m0/s1. The zero-order chi connectivity index (χ0) is 39.7. The molecule has 0 radical (unpaired) electrons. The van der Waals surface area contributed by atoms with E-state index in [9.17, 15) is 0 Å². The highest BCUT2D eigenvalue weighted by molar-refractivity contribution is 6.95. The zero-order valence-electron chi connectivity index (χ0n) is 33.4. The number of benzene rings is 8. The average molecular weight is 779 g/mol. The summed E-state index contributed by atoms with van der Waals surface area (Å²) in [5, 5.41) is 11.6. The van der Waals surface area contributed by atoms with Crippen LogP contribution >= 0.6 is 0 Å². The second-order valence-electron chi connectivity index (χ2n) is 16.7. The predicted octanol–water partition coefficient (Wildman–Crippen LogP) is 9.73. The number of para-hydroxylation sites is 1. The van der Waals surface area contributed by atoms with Gasteiger partial charge in [0.1, 0.15) is 15.0 Å². The number of hydrogen-bond donors (Lipinski definition) is 1. The van der Waals surface area contributed by atoms with Gasteiger partial charge < -0.3 is 10.3 Å². The lowest BCUT2D eigenvalue weighted by molar-refractivity contribution is 0.237. The van der Waals surface area contributed by atoms with E-state index in [2.05, 4.69) is 229 Å². The lowest BCUT2D eigenvalue weighted by Gasteiger charge is -2.24. The number of nitrogens with zero attached hydrogens (tertiary/aromatic N) is 3. The summed E-state index contributed by atoms with van der Waals surface area (Å²) >= 11 is 0. The van der Waals surface area contributed by atoms with Crippen molar-refractivity contribution < 1.29 is 0 Å². The third-order valence-corrected chi connectivity index (χ3v) is 16.0. The Morgan fingerprint density at radius 3 is 1.98 bits per heavy atom. The molecule has 9 aromatic rings. The molecule has 286 valence electrons. The summed E-state index contributed by atoms with van der Waals surface area (Å²) in [4.78, 5) is 0. The van der Waals surface area contributed by atoms with Crippen molar-refractivity contribution in [3.8, 4) is 16.8 Å². The van der Waals surface area contributed by atoms with Gasteiger partial charge in [-0.15, -0.1) is 0 Å². The van der Waals surface area contributed by atoms with Crippen molar-refractivity contribution in [1.29, 1.82) is 0 Å². The molecule has 0 bridgehead atoms. The van der Waals surface area contributed by atoms with Crippen LogP contribution in [0.2, 0.25) is 0 Å². The predicted molar refractivity (Wildman–Crippen MR) is 247 cm³/mol. The second-order valence-corrected chi connectivity index (χ2v) is 19.6. The number of nitrogens with two attached hydrogens (primary N) is 1. The van der Waals surface area contributed by atoms with Crippen LogP contribution in [0.3, 0.4) is 0 Å². The lowest BCUT2D eigenvalue weighted by Crippen LogP contribution is -2.52. The van der Waals surface area contributed by atoms with E-state index in [1.54, 1.807) is 0 Å². The highest BCUT2D eigenvalue weighted by Gasteiger charge is 2.50. The maximum atomic E-state index is 7.42. The van der Waals surface area contributed by atoms with E-state index in [0.717, 1.165) is 17.8 Å². The fourth-order valence-corrected chi connectivity index (χ4v) is 13.2. The zero-order valence-corrected chi connectivity index (χ0v) is 34.6. The number of hydrazine groups is 1. The summed E-state index contributed by atoms with van der Waals surface area (Å²) in [6.45, 7) is 5.52. The number of hydrogen-bond acceptors (Lipinski definition) is 3. The summed E-state index contributed by atoms with van der Waals surface area (Å²) in [6.07, 6.45) is -0.288. The van der Waals surface area contributed by atoms with Gasteiger partial charge in [0.15, 0.2) is 0 Å². The molecule has 4 nitrogen and oxygen atoms in total. The molecule has 11 rings (SSSR count). The third-order valence-electron chi connectivity index (χ3n) is 12.9. The normalized spacial score (nSPS) is 18.2. The smallest absolute Gasteiger partial charge is 0.132 e. The topological polar surface area (TPSA) is 37.0 Å². The van der Waals surface area contributed by atoms with Crippen LogP contribution in [0, 0.1) is 0 Å². The van der Waals surface area contributed by atoms with Gasteiger partial charge in [-0.1, -0.05) is 211 Å². The van der Waals surface area contributed by atoms with Crippen molar-refractivity contribution >= 4 is 46.2 Å². The summed E-state index contributed by atoms with van der Waals surface area (Å²) in [5.41, 5.74) is 19.9. The van der Waals surface area contributed by atoms with Gasteiger partial charge in [0.05, 0.1) is 17.2 Å². The van der Waals surface area contributed by atoms with Crippen LogP contribution < -0.4 is 21.3 Å². The van der Waals surface area contributed by atoms with Crippen LogP contribution in [0.25, 0.3) is 38.6 Å². The molecule has 3 unspecified atom stereocenters. The monoisotopic (exact) mass is 778 g/mol. The molecule has 1 aliphatic carbocycles. The summed E-state index contributed by atoms with van der Waals surface area (Å²) in [7, 11) is -1.68. The molecule has 1 aromatic heterocycles. The molecule has 1 fully saturated rings. The Balaban J connectivity index is 0.976. The summed E-state index contributed by atoms with van der Waals surface area (Å²) < 4.78 is 2.49. The Bertz CT molecular complexity index is 2950. The molecule has 4 atom stereocenters. The molecular formula is C54H46N4Si. The average Bonchev–Trinajstić information content (AvgIpc) is 3.81. The largest absolute Gasteiger partial charge is 0.311 e. The second kappa shape index (κ2) is 14.2. The highest BCUT2D eigenvalue weighted by Crippen LogP contribution is 2.53. The van der Waals surface area contributed by atoms with Crippen molar-refractivity contribution in [2.45, 2.75) is 38.1 Å². The van der Waals surface area contributed by atoms with E-state index in [1.807, 2.05) is 0 Å². The van der Waals surface area contributed by atoms with Gasteiger partial charge in [-0.25, -0.2) is 5.01 Å². The van der Waals surface area contributed by atoms with E-state index >= 15 is 0 Å². The molecule has 1 aliphatic heterocycles. The SMILES string of the molecule is CC1(C)c2ccccc2-c2ccc3c4ccccc4n(-c4cccc(C(N)N5C(c6ccccc6)[N@]5Cc5cccc([SiH](c6ccccc6)c6ccccc6)c5)c4)c3c21. The minimum absolute atomic E-state index is 0.0608.